The van der Waals surface area contributed by atoms with Gasteiger partial charge in [-0.1, -0.05) is 6.07 Å². The van der Waals surface area contributed by atoms with E-state index in [2.05, 4.69) is 25.2 Å². The third-order valence-electron chi connectivity index (χ3n) is 7.17. The summed E-state index contributed by atoms with van der Waals surface area (Å²) in [5.74, 6) is 0.122. The Morgan fingerprint density at radius 1 is 1.18 bits per heavy atom. The molecule has 2 unspecified atom stereocenters. The van der Waals surface area contributed by atoms with E-state index in [1.165, 1.54) is 12.4 Å². The summed E-state index contributed by atoms with van der Waals surface area (Å²) in [5, 5.41) is 3.15. The van der Waals surface area contributed by atoms with Crippen LogP contribution >= 0.6 is 0 Å². The van der Waals surface area contributed by atoms with Gasteiger partial charge in [-0.15, -0.1) is 0 Å². The number of likely N-dealkylation sites (tertiary alicyclic amines) is 1. The number of carbonyl (C=O) groups is 1. The van der Waals surface area contributed by atoms with Crippen LogP contribution in [-0.4, -0.2) is 70.6 Å². The fourth-order valence-electron chi connectivity index (χ4n) is 5.07. The zero-order valence-electron chi connectivity index (χ0n) is 21.1. The lowest BCUT2D eigenvalue weighted by Gasteiger charge is -2.22. The summed E-state index contributed by atoms with van der Waals surface area (Å²) < 4.78 is 51.5. The molecule has 8 nitrogen and oxygen atoms in total. The number of benzene rings is 1. The number of hydrogen-bond donors (Lipinski definition) is 1. The van der Waals surface area contributed by atoms with E-state index in [9.17, 15) is 18.0 Å². The zero-order chi connectivity index (χ0) is 26.7. The van der Waals surface area contributed by atoms with Gasteiger partial charge >= 0.3 is 6.18 Å². The number of pyridine rings is 1. The molecule has 2 saturated heterocycles. The maximum atomic E-state index is 13.2. The van der Waals surface area contributed by atoms with E-state index in [-0.39, 0.29) is 42.0 Å². The molecular weight excluding hydrogens is 499 g/mol. The molecule has 1 aromatic carbocycles. The summed E-state index contributed by atoms with van der Waals surface area (Å²) in [5.41, 5.74) is 1.48. The van der Waals surface area contributed by atoms with Crippen molar-refractivity contribution in [3.8, 4) is 0 Å². The van der Waals surface area contributed by atoms with E-state index in [4.69, 9.17) is 9.47 Å². The van der Waals surface area contributed by atoms with Crippen LogP contribution in [0.5, 0.6) is 0 Å². The van der Waals surface area contributed by atoms with Gasteiger partial charge < -0.3 is 14.8 Å². The Morgan fingerprint density at radius 3 is 2.79 bits per heavy atom. The van der Waals surface area contributed by atoms with Crippen LogP contribution in [0.1, 0.15) is 29.7 Å². The number of anilines is 1. The Hall–Kier alpha value is -3.15. The Kier molecular flexibility index (Phi) is 7.87. The Labute approximate surface area is 218 Å². The quantitative estimate of drug-likeness (QED) is 0.445. The van der Waals surface area contributed by atoms with Gasteiger partial charge in [0, 0.05) is 55.4 Å². The minimum atomic E-state index is -4.49. The van der Waals surface area contributed by atoms with Crippen LogP contribution in [-0.2, 0) is 27.1 Å². The standard InChI is InChI=1S/C27H30F3N5O3/c1-17-2-3-18(10-31-17)14-38-25-13-35(21-6-7-37-15-21)12-19(25)8-22(36)11-32-26-23-9-20(27(28,29)30)4-5-24(23)33-16-34-26/h2-5,9-10,16,19,21,25H,6-8,11-15H2,1H3,(H,32,33,34)/t19?,21?,25-/m0/s1. The van der Waals surface area contributed by atoms with Crippen molar-refractivity contribution >= 4 is 22.5 Å². The van der Waals surface area contributed by atoms with Gasteiger partial charge in [0.15, 0.2) is 5.78 Å². The molecular formula is C27H30F3N5O3. The molecule has 0 saturated carbocycles. The van der Waals surface area contributed by atoms with Crippen molar-refractivity contribution in [2.24, 2.45) is 5.92 Å². The average molecular weight is 530 g/mol. The lowest BCUT2D eigenvalue weighted by Crippen LogP contribution is -2.34. The van der Waals surface area contributed by atoms with Gasteiger partial charge in [0.25, 0.3) is 0 Å². The van der Waals surface area contributed by atoms with E-state index in [1.807, 2.05) is 19.1 Å². The number of nitrogens with zero attached hydrogens (tertiary/aromatic N) is 4. The number of Topliss-reactive ketones (excluding diaryl/α,β-unsaturated/α-hetero) is 1. The molecule has 0 radical (unpaired) electrons. The molecule has 2 fully saturated rings. The fraction of sp³-hybridized carbons (Fsp3) is 0.481. The Bertz CT molecular complexity index is 1270. The second kappa shape index (κ2) is 11.3. The number of hydrogen-bond acceptors (Lipinski definition) is 8. The highest BCUT2D eigenvalue weighted by Gasteiger charge is 2.39. The highest BCUT2D eigenvalue weighted by atomic mass is 19.4. The van der Waals surface area contributed by atoms with Crippen LogP contribution in [0.3, 0.4) is 0 Å². The van der Waals surface area contributed by atoms with Crippen molar-refractivity contribution in [2.75, 3.05) is 38.2 Å². The number of aromatic nitrogens is 3. The van der Waals surface area contributed by atoms with Gasteiger partial charge in [0.05, 0.1) is 36.9 Å². The van der Waals surface area contributed by atoms with Crippen molar-refractivity contribution < 1.29 is 27.4 Å². The third-order valence-corrected chi connectivity index (χ3v) is 7.17. The van der Waals surface area contributed by atoms with Crippen LogP contribution in [0.15, 0.2) is 42.9 Å². The van der Waals surface area contributed by atoms with E-state index in [1.54, 1.807) is 6.20 Å². The molecule has 1 N–H and O–H groups in total. The predicted molar refractivity (Wildman–Crippen MR) is 134 cm³/mol. The summed E-state index contributed by atoms with van der Waals surface area (Å²) in [6.07, 6.45) is -0.310. The molecule has 38 heavy (non-hydrogen) atoms. The molecule has 0 aliphatic carbocycles. The number of fused-ring (bicyclic) bond motifs is 1. The molecule has 3 atom stereocenters. The molecule has 4 heterocycles. The molecule has 202 valence electrons. The maximum Gasteiger partial charge on any atom is 0.416 e. The van der Waals surface area contributed by atoms with Gasteiger partial charge in [-0.2, -0.15) is 13.2 Å². The maximum absolute atomic E-state index is 13.2. The lowest BCUT2D eigenvalue weighted by molar-refractivity contribution is -0.137. The first kappa shape index (κ1) is 26.5. The van der Waals surface area contributed by atoms with Crippen molar-refractivity contribution in [2.45, 2.75) is 44.7 Å². The van der Waals surface area contributed by atoms with Crippen LogP contribution < -0.4 is 5.32 Å². The smallest absolute Gasteiger partial charge is 0.380 e. The van der Waals surface area contributed by atoms with Crippen LogP contribution in [0.4, 0.5) is 19.0 Å². The lowest BCUT2D eigenvalue weighted by atomic mass is 9.99. The van der Waals surface area contributed by atoms with E-state index in [0.717, 1.165) is 49.5 Å². The fourth-order valence-corrected chi connectivity index (χ4v) is 5.07. The monoisotopic (exact) mass is 529 g/mol. The first-order chi connectivity index (χ1) is 18.3. The molecule has 3 aromatic rings. The van der Waals surface area contributed by atoms with Crippen molar-refractivity contribution in [3.63, 3.8) is 0 Å². The van der Waals surface area contributed by atoms with Gasteiger partial charge in [0.1, 0.15) is 12.1 Å². The SMILES string of the molecule is Cc1ccc(CO[C@H]2CN(C3CCOC3)CC2CC(=O)CNc2ncnc3ccc(C(F)(F)F)cc23)cn1. The van der Waals surface area contributed by atoms with Crippen molar-refractivity contribution in [3.05, 3.63) is 59.7 Å². The molecule has 0 bridgehead atoms. The van der Waals surface area contributed by atoms with Gasteiger partial charge in [-0.25, -0.2) is 9.97 Å². The van der Waals surface area contributed by atoms with Crippen molar-refractivity contribution in [1.29, 1.82) is 0 Å². The van der Waals surface area contributed by atoms with E-state index in [0.29, 0.717) is 24.8 Å². The number of aryl methyl sites for hydroxylation is 1. The number of alkyl halides is 3. The molecule has 11 heteroatoms. The summed E-state index contributed by atoms with van der Waals surface area (Å²) >= 11 is 0. The second-order valence-corrected chi connectivity index (χ2v) is 9.94. The largest absolute Gasteiger partial charge is 0.416 e. The minimum absolute atomic E-state index is 0.0118. The summed E-state index contributed by atoms with van der Waals surface area (Å²) in [6.45, 7) is 5.13. The first-order valence-corrected chi connectivity index (χ1v) is 12.7. The van der Waals surface area contributed by atoms with E-state index >= 15 is 0 Å². The van der Waals surface area contributed by atoms with Crippen LogP contribution in [0.2, 0.25) is 0 Å². The highest BCUT2D eigenvalue weighted by Crippen LogP contribution is 2.33. The molecule has 2 aliphatic rings. The number of nitrogens with one attached hydrogen (secondary N) is 1. The molecule has 2 aromatic heterocycles. The van der Waals surface area contributed by atoms with Crippen molar-refractivity contribution in [1.82, 2.24) is 19.9 Å². The number of ether oxygens (including phenoxy) is 2. The second-order valence-electron chi connectivity index (χ2n) is 9.94. The topological polar surface area (TPSA) is 89.5 Å². The summed E-state index contributed by atoms with van der Waals surface area (Å²) in [4.78, 5) is 27.8. The normalized spacial score (nSPS) is 22.3. The van der Waals surface area contributed by atoms with Crippen LogP contribution in [0, 0.1) is 12.8 Å². The van der Waals surface area contributed by atoms with Gasteiger partial charge in [-0.05, 0) is 43.2 Å². The van der Waals surface area contributed by atoms with Crippen LogP contribution in [0.25, 0.3) is 10.9 Å². The third kappa shape index (κ3) is 6.28. The molecule has 2 aliphatic heterocycles. The predicted octanol–water partition coefficient (Wildman–Crippen LogP) is 4.03. The number of carbonyl (C=O) groups excluding carboxylic acids is 1. The molecule has 0 amide bonds. The summed E-state index contributed by atoms with van der Waals surface area (Å²) in [7, 11) is 0. The number of rotatable bonds is 9. The molecule has 5 rings (SSSR count). The van der Waals surface area contributed by atoms with Gasteiger partial charge in [0.2, 0.25) is 0 Å². The minimum Gasteiger partial charge on any atom is -0.380 e. The van der Waals surface area contributed by atoms with E-state index < -0.39 is 11.7 Å². The number of halogens is 3. The summed E-state index contributed by atoms with van der Waals surface area (Å²) in [6, 6.07) is 7.54. The zero-order valence-corrected chi connectivity index (χ0v) is 21.1. The molecule has 0 spiro atoms. The first-order valence-electron chi connectivity index (χ1n) is 12.7. The van der Waals surface area contributed by atoms with Gasteiger partial charge in [-0.3, -0.25) is 14.7 Å². The Balaban J connectivity index is 1.24. The average Bonchev–Trinajstić information content (AvgIpc) is 3.57. The highest BCUT2D eigenvalue weighted by molar-refractivity contribution is 5.91. The Morgan fingerprint density at radius 2 is 2.05 bits per heavy atom. The number of ketones is 1.